The molecular formula is C11H17N3O2. The van der Waals surface area contributed by atoms with Gasteiger partial charge in [0.05, 0.1) is 18.3 Å². The van der Waals surface area contributed by atoms with Crippen LogP contribution in [0.2, 0.25) is 0 Å². The van der Waals surface area contributed by atoms with Crippen molar-refractivity contribution < 1.29 is 9.90 Å². The van der Waals surface area contributed by atoms with Crippen molar-refractivity contribution in [2.45, 2.75) is 32.4 Å². The summed E-state index contributed by atoms with van der Waals surface area (Å²) in [7, 11) is 0. The first-order valence-corrected chi connectivity index (χ1v) is 5.70. The smallest absolute Gasteiger partial charge is 0.317 e. The Kier molecular flexibility index (Phi) is 3.24. The van der Waals surface area contributed by atoms with Gasteiger partial charge in [0.1, 0.15) is 0 Å². The first-order chi connectivity index (χ1) is 7.72. The second-order valence-corrected chi connectivity index (χ2v) is 4.09. The van der Waals surface area contributed by atoms with Crippen LogP contribution in [0, 0.1) is 0 Å². The van der Waals surface area contributed by atoms with Gasteiger partial charge in [0.25, 0.3) is 0 Å². The summed E-state index contributed by atoms with van der Waals surface area (Å²) < 4.78 is 1.95. The molecule has 1 atom stereocenters. The Morgan fingerprint density at radius 1 is 1.69 bits per heavy atom. The molecule has 16 heavy (non-hydrogen) atoms. The molecule has 0 unspecified atom stereocenters. The zero-order valence-electron chi connectivity index (χ0n) is 9.46. The van der Waals surface area contributed by atoms with Gasteiger partial charge in [-0.05, 0) is 32.4 Å². The van der Waals surface area contributed by atoms with Gasteiger partial charge in [-0.25, -0.2) is 0 Å². The van der Waals surface area contributed by atoms with Gasteiger partial charge < -0.3 is 5.11 Å². The number of rotatable bonds is 4. The Morgan fingerprint density at radius 3 is 3.19 bits per heavy atom. The fraction of sp³-hybridized carbons (Fsp3) is 0.636. The molecule has 5 heteroatoms. The van der Waals surface area contributed by atoms with E-state index in [9.17, 15) is 4.79 Å². The van der Waals surface area contributed by atoms with Gasteiger partial charge in [0.2, 0.25) is 0 Å². The largest absolute Gasteiger partial charge is 0.480 e. The Labute approximate surface area is 94.7 Å². The summed E-state index contributed by atoms with van der Waals surface area (Å²) in [6.45, 7) is 3.87. The molecule has 88 valence electrons. The van der Waals surface area contributed by atoms with E-state index in [1.807, 2.05) is 22.6 Å². The van der Waals surface area contributed by atoms with Crippen LogP contribution < -0.4 is 0 Å². The van der Waals surface area contributed by atoms with Gasteiger partial charge in [-0.1, -0.05) is 0 Å². The number of aryl methyl sites for hydroxylation is 1. The average molecular weight is 223 g/mol. The number of aromatic nitrogens is 2. The summed E-state index contributed by atoms with van der Waals surface area (Å²) >= 11 is 0. The lowest BCUT2D eigenvalue weighted by Crippen LogP contribution is -2.30. The highest BCUT2D eigenvalue weighted by atomic mass is 16.4. The molecule has 0 aromatic carbocycles. The highest BCUT2D eigenvalue weighted by Gasteiger charge is 2.29. The molecule has 1 aliphatic rings. The van der Waals surface area contributed by atoms with Crippen molar-refractivity contribution in [1.82, 2.24) is 14.7 Å². The SMILES string of the molecule is CCn1nccc1[C@@H]1CCCN1CC(=O)O. The van der Waals surface area contributed by atoms with Crippen molar-refractivity contribution >= 4 is 5.97 Å². The van der Waals surface area contributed by atoms with E-state index < -0.39 is 5.97 Å². The summed E-state index contributed by atoms with van der Waals surface area (Å²) in [6.07, 6.45) is 3.88. The molecule has 0 aliphatic carbocycles. The zero-order valence-corrected chi connectivity index (χ0v) is 9.46. The van der Waals surface area contributed by atoms with Crippen molar-refractivity contribution in [1.29, 1.82) is 0 Å². The van der Waals surface area contributed by atoms with Gasteiger partial charge in [-0.2, -0.15) is 5.10 Å². The third kappa shape index (κ3) is 2.09. The van der Waals surface area contributed by atoms with Crippen LogP contribution in [0.4, 0.5) is 0 Å². The summed E-state index contributed by atoms with van der Waals surface area (Å²) in [5.74, 6) is -0.755. The number of hydrogen-bond acceptors (Lipinski definition) is 3. The third-order valence-corrected chi connectivity index (χ3v) is 3.09. The van der Waals surface area contributed by atoms with Gasteiger partial charge in [-0.3, -0.25) is 14.4 Å². The minimum absolute atomic E-state index is 0.125. The highest BCUT2D eigenvalue weighted by molar-refractivity contribution is 5.69. The first kappa shape index (κ1) is 11.1. The molecule has 1 aliphatic heterocycles. The molecular weight excluding hydrogens is 206 g/mol. The number of nitrogens with zero attached hydrogens (tertiary/aromatic N) is 3. The summed E-state index contributed by atoms with van der Waals surface area (Å²) in [6, 6.07) is 2.22. The normalized spacial score (nSPS) is 21.4. The van der Waals surface area contributed by atoms with Crippen molar-refractivity contribution in [3.05, 3.63) is 18.0 Å². The lowest BCUT2D eigenvalue weighted by molar-refractivity contribution is -0.138. The summed E-state index contributed by atoms with van der Waals surface area (Å²) in [5, 5.41) is 13.1. The van der Waals surface area contributed by atoms with Crippen LogP contribution in [0.5, 0.6) is 0 Å². The minimum Gasteiger partial charge on any atom is -0.480 e. The molecule has 1 N–H and O–H groups in total. The van der Waals surface area contributed by atoms with E-state index >= 15 is 0 Å². The molecule has 2 heterocycles. The van der Waals surface area contributed by atoms with Gasteiger partial charge >= 0.3 is 5.97 Å². The maximum Gasteiger partial charge on any atom is 0.317 e. The molecule has 0 saturated carbocycles. The fourth-order valence-corrected chi connectivity index (χ4v) is 2.41. The standard InChI is InChI=1S/C11H17N3O2/c1-2-14-10(5-6-12-14)9-4-3-7-13(9)8-11(15)16/h5-6,9H,2-4,7-8H2,1H3,(H,15,16)/t9-/m0/s1. The average Bonchev–Trinajstić information content (AvgIpc) is 2.83. The van der Waals surface area contributed by atoms with Gasteiger partial charge in [0.15, 0.2) is 0 Å². The second-order valence-electron chi connectivity index (χ2n) is 4.09. The van der Waals surface area contributed by atoms with Gasteiger partial charge in [0, 0.05) is 12.7 Å². The van der Waals surface area contributed by atoms with E-state index in [1.165, 1.54) is 0 Å². The predicted octanol–water partition coefficient (Wildman–Crippen LogP) is 1.12. The molecule has 0 spiro atoms. The van der Waals surface area contributed by atoms with Crippen LogP contribution >= 0.6 is 0 Å². The van der Waals surface area contributed by atoms with Crippen LogP contribution in [0.25, 0.3) is 0 Å². The lowest BCUT2D eigenvalue weighted by atomic mass is 10.1. The summed E-state index contributed by atoms with van der Waals surface area (Å²) in [4.78, 5) is 12.8. The van der Waals surface area contributed by atoms with Crippen LogP contribution in [0.15, 0.2) is 12.3 Å². The number of carboxylic acid groups (broad SMARTS) is 1. The lowest BCUT2D eigenvalue weighted by Gasteiger charge is -2.23. The second kappa shape index (κ2) is 4.65. The zero-order chi connectivity index (χ0) is 11.5. The van der Waals surface area contributed by atoms with Crippen LogP contribution in [-0.2, 0) is 11.3 Å². The number of carboxylic acids is 1. The molecule has 0 bridgehead atoms. The number of aliphatic carboxylic acids is 1. The Hall–Kier alpha value is -1.36. The molecule has 2 rings (SSSR count). The third-order valence-electron chi connectivity index (χ3n) is 3.09. The maximum atomic E-state index is 10.8. The van der Waals surface area contributed by atoms with E-state index in [4.69, 9.17) is 5.11 Å². The van der Waals surface area contributed by atoms with Crippen LogP contribution in [0.3, 0.4) is 0 Å². The topological polar surface area (TPSA) is 58.4 Å². The number of likely N-dealkylation sites (tertiary alicyclic amines) is 1. The first-order valence-electron chi connectivity index (χ1n) is 5.70. The van der Waals surface area contributed by atoms with Crippen molar-refractivity contribution in [2.75, 3.05) is 13.1 Å². The predicted molar refractivity (Wildman–Crippen MR) is 59.1 cm³/mol. The molecule has 0 radical (unpaired) electrons. The minimum atomic E-state index is -0.755. The van der Waals surface area contributed by atoms with E-state index in [0.29, 0.717) is 0 Å². The van der Waals surface area contributed by atoms with Gasteiger partial charge in [-0.15, -0.1) is 0 Å². The molecule has 1 saturated heterocycles. The number of carbonyl (C=O) groups is 1. The monoisotopic (exact) mass is 223 g/mol. The van der Waals surface area contributed by atoms with E-state index in [0.717, 1.165) is 31.6 Å². The van der Waals surface area contributed by atoms with Crippen LogP contribution in [-0.4, -0.2) is 38.8 Å². The van der Waals surface area contributed by atoms with E-state index in [2.05, 4.69) is 5.10 Å². The maximum absolute atomic E-state index is 10.8. The van der Waals surface area contributed by atoms with Crippen molar-refractivity contribution in [3.63, 3.8) is 0 Å². The summed E-state index contributed by atoms with van der Waals surface area (Å²) in [5.41, 5.74) is 1.14. The molecule has 1 aromatic rings. The Bertz CT molecular complexity index is 375. The van der Waals surface area contributed by atoms with Crippen LogP contribution in [0.1, 0.15) is 31.5 Å². The Morgan fingerprint density at radius 2 is 2.50 bits per heavy atom. The number of hydrogen-bond donors (Lipinski definition) is 1. The van der Waals surface area contributed by atoms with E-state index in [-0.39, 0.29) is 12.6 Å². The molecule has 1 fully saturated rings. The molecule has 0 amide bonds. The van der Waals surface area contributed by atoms with Crippen molar-refractivity contribution in [2.24, 2.45) is 0 Å². The van der Waals surface area contributed by atoms with Crippen molar-refractivity contribution in [3.8, 4) is 0 Å². The fourth-order valence-electron chi connectivity index (χ4n) is 2.41. The Balaban J connectivity index is 2.16. The molecule has 5 nitrogen and oxygen atoms in total. The van der Waals surface area contributed by atoms with E-state index in [1.54, 1.807) is 6.20 Å². The highest BCUT2D eigenvalue weighted by Crippen LogP contribution is 2.31. The molecule has 1 aromatic heterocycles. The quantitative estimate of drug-likeness (QED) is 0.831.